The standard InChI is InChI=1S/C20H26N6O3/c1-2-3-5-13(11-25(29)12-27)20(28)26-7-4-6-18(26)19-22-16-8-14-10-21-24-15(14)9-17(16)23-19/h8-10,12-13,18,29H,2-7,11H2,1H3,(H,21,24)(H,22,23). The number of imidazole rings is 1. The molecule has 9 heteroatoms. The number of hydroxylamine groups is 2. The van der Waals surface area contributed by atoms with Gasteiger partial charge in [-0.05, 0) is 31.4 Å². The van der Waals surface area contributed by atoms with Crippen LogP contribution in [0.4, 0.5) is 0 Å². The first kappa shape index (κ1) is 19.4. The Morgan fingerprint density at radius 1 is 1.45 bits per heavy atom. The van der Waals surface area contributed by atoms with Crippen LogP contribution in [0.5, 0.6) is 0 Å². The van der Waals surface area contributed by atoms with Gasteiger partial charge >= 0.3 is 0 Å². The Balaban J connectivity index is 1.59. The topological polar surface area (TPSA) is 118 Å². The second-order valence-corrected chi connectivity index (χ2v) is 7.70. The molecule has 1 saturated heterocycles. The van der Waals surface area contributed by atoms with Gasteiger partial charge in [0.1, 0.15) is 5.82 Å². The van der Waals surface area contributed by atoms with Gasteiger partial charge in [0.15, 0.2) is 0 Å². The second-order valence-electron chi connectivity index (χ2n) is 7.70. The van der Waals surface area contributed by atoms with E-state index < -0.39 is 5.92 Å². The molecule has 1 aromatic carbocycles. The van der Waals surface area contributed by atoms with Crippen molar-refractivity contribution in [2.24, 2.45) is 5.92 Å². The van der Waals surface area contributed by atoms with E-state index in [0.29, 0.717) is 24.4 Å². The van der Waals surface area contributed by atoms with Gasteiger partial charge in [-0.25, -0.2) is 10.0 Å². The zero-order valence-corrected chi connectivity index (χ0v) is 16.5. The molecular weight excluding hydrogens is 372 g/mol. The van der Waals surface area contributed by atoms with Gasteiger partial charge in [0, 0.05) is 11.9 Å². The van der Waals surface area contributed by atoms with E-state index in [4.69, 9.17) is 4.98 Å². The van der Waals surface area contributed by atoms with E-state index in [9.17, 15) is 14.8 Å². The number of benzene rings is 1. The highest BCUT2D eigenvalue weighted by molar-refractivity contribution is 5.92. The van der Waals surface area contributed by atoms with E-state index in [1.54, 1.807) is 6.20 Å². The maximum Gasteiger partial charge on any atom is 0.233 e. The smallest absolute Gasteiger partial charge is 0.233 e. The Morgan fingerprint density at radius 2 is 2.31 bits per heavy atom. The molecular formula is C20H26N6O3. The van der Waals surface area contributed by atoms with E-state index in [2.05, 4.69) is 22.1 Å². The SMILES string of the molecule is CCCCC(CN(O)C=O)C(=O)N1CCCC1c1nc2cc3cn[nH]c3cc2[nH]1. The van der Waals surface area contributed by atoms with Crippen LogP contribution >= 0.6 is 0 Å². The zero-order chi connectivity index (χ0) is 20.4. The molecule has 1 aliphatic heterocycles. The van der Waals surface area contributed by atoms with Crippen molar-refractivity contribution in [2.75, 3.05) is 13.1 Å². The number of fused-ring (bicyclic) bond motifs is 2. The van der Waals surface area contributed by atoms with Crippen LogP contribution in [0, 0.1) is 5.92 Å². The molecule has 3 heterocycles. The quantitative estimate of drug-likeness (QED) is 0.306. The molecule has 2 atom stereocenters. The van der Waals surface area contributed by atoms with Crippen LogP contribution in [-0.4, -0.2) is 60.7 Å². The van der Waals surface area contributed by atoms with Gasteiger partial charge in [-0.2, -0.15) is 5.10 Å². The van der Waals surface area contributed by atoms with Gasteiger partial charge < -0.3 is 9.88 Å². The fraction of sp³-hybridized carbons (Fsp3) is 0.500. The van der Waals surface area contributed by atoms with Gasteiger partial charge in [-0.15, -0.1) is 0 Å². The monoisotopic (exact) mass is 398 g/mol. The third kappa shape index (κ3) is 3.82. The Labute approximate surface area is 168 Å². The number of hydrogen-bond acceptors (Lipinski definition) is 5. The number of likely N-dealkylation sites (tertiary alicyclic amines) is 1. The number of nitrogens with zero attached hydrogens (tertiary/aromatic N) is 4. The summed E-state index contributed by atoms with van der Waals surface area (Å²) < 4.78 is 0. The van der Waals surface area contributed by atoms with E-state index in [-0.39, 0.29) is 18.5 Å². The van der Waals surface area contributed by atoms with E-state index in [1.165, 1.54) is 0 Å². The minimum Gasteiger partial charge on any atom is -0.340 e. The summed E-state index contributed by atoms with van der Waals surface area (Å²) in [4.78, 5) is 34.1. The Morgan fingerprint density at radius 3 is 3.10 bits per heavy atom. The molecule has 1 fully saturated rings. The molecule has 2 aromatic heterocycles. The average molecular weight is 398 g/mol. The van der Waals surface area contributed by atoms with Crippen LogP contribution in [0.25, 0.3) is 21.9 Å². The zero-order valence-electron chi connectivity index (χ0n) is 16.5. The molecule has 29 heavy (non-hydrogen) atoms. The first-order valence-electron chi connectivity index (χ1n) is 10.1. The lowest BCUT2D eigenvalue weighted by Gasteiger charge is -2.29. The lowest BCUT2D eigenvalue weighted by molar-refractivity contribution is -0.157. The van der Waals surface area contributed by atoms with Crippen molar-refractivity contribution in [3.8, 4) is 0 Å². The number of H-pyrrole nitrogens is 2. The Hall–Kier alpha value is -2.94. The summed E-state index contributed by atoms with van der Waals surface area (Å²) >= 11 is 0. The van der Waals surface area contributed by atoms with Crippen LogP contribution < -0.4 is 0 Å². The molecule has 0 bridgehead atoms. The van der Waals surface area contributed by atoms with Gasteiger partial charge in [0.05, 0.1) is 41.3 Å². The summed E-state index contributed by atoms with van der Waals surface area (Å²) in [6.07, 6.45) is 6.31. The average Bonchev–Trinajstić information content (AvgIpc) is 3.46. The van der Waals surface area contributed by atoms with Crippen molar-refractivity contribution in [2.45, 2.75) is 45.1 Å². The minimum absolute atomic E-state index is 0.0173. The summed E-state index contributed by atoms with van der Waals surface area (Å²) in [6, 6.07) is 3.83. The molecule has 2 amide bonds. The maximum absolute atomic E-state index is 13.3. The number of unbranched alkanes of at least 4 members (excludes halogenated alkanes) is 1. The van der Waals surface area contributed by atoms with Gasteiger partial charge in [0.2, 0.25) is 12.3 Å². The first-order chi connectivity index (χ1) is 14.1. The van der Waals surface area contributed by atoms with Crippen LogP contribution in [0.3, 0.4) is 0 Å². The molecule has 154 valence electrons. The van der Waals surface area contributed by atoms with Crippen LogP contribution in [-0.2, 0) is 9.59 Å². The number of aromatic amines is 2. The first-order valence-corrected chi connectivity index (χ1v) is 10.1. The number of amides is 2. The molecule has 0 aliphatic carbocycles. The molecule has 9 nitrogen and oxygen atoms in total. The lowest BCUT2D eigenvalue weighted by Crippen LogP contribution is -2.40. The normalized spacial score (nSPS) is 17.9. The van der Waals surface area contributed by atoms with E-state index in [0.717, 1.165) is 53.4 Å². The van der Waals surface area contributed by atoms with Crippen molar-refractivity contribution in [3.05, 3.63) is 24.2 Å². The maximum atomic E-state index is 13.3. The van der Waals surface area contributed by atoms with Crippen LogP contribution in [0.1, 0.15) is 50.9 Å². The fourth-order valence-corrected chi connectivity index (χ4v) is 4.19. The highest BCUT2D eigenvalue weighted by Gasteiger charge is 2.36. The van der Waals surface area contributed by atoms with Gasteiger partial charge in [-0.1, -0.05) is 19.8 Å². The summed E-state index contributed by atoms with van der Waals surface area (Å²) in [5.41, 5.74) is 2.68. The molecule has 0 radical (unpaired) electrons. The highest BCUT2D eigenvalue weighted by Crippen LogP contribution is 2.34. The second kappa shape index (κ2) is 8.20. The van der Waals surface area contributed by atoms with Crippen LogP contribution in [0.2, 0.25) is 0 Å². The summed E-state index contributed by atoms with van der Waals surface area (Å²) in [5.74, 6) is 0.329. The number of hydrogen-bond donors (Lipinski definition) is 3. The van der Waals surface area contributed by atoms with Gasteiger partial charge in [0.25, 0.3) is 0 Å². The Bertz CT molecular complexity index is 964. The number of aromatic nitrogens is 4. The van der Waals surface area contributed by atoms with Crippen molar-refractivity contribution in [1.29, 1.82) is 0 Å². The summed E-state index contributed by atoms with van der Waals surface area (Å²) in [7, 11) is 0. The fourth-order valence-electron chi connectivity index (χ4n) is 4.19. The Kier molecular flexibility index (Phi) is 5.48. The number of carbonyl (C=O) groups excluding carboxylic acids is 2. The molecule has 2 unspecified atom stereocenters. The minimum atomic E-state index is -0.417. The predicted octanol–water partition coefficient (Wildman–Crippen LogP) is 2.76. The number of rotatable bonds is 8. The van der Waals surface area contributed by atoms with Gasteiger partial charge in [-0.3, -0.25) is 19.9 Å². The van der Waals surface area contributed by atoms with Crippen molar-refractivity contribution in [3.63, 3.8) is 0 Å². The van der Waals surface area contributed by atoms with Crippen molar-refractivity contribution < 1.29 is 14.8 Å². The highest BCUT2D eigenvalue weighted by atomic mass is 16.5. The van der Waals surface area contributed by atoms with Crippen molar-refractivity contribution in [1.82, 2.24) is 30.1 Å². The summed E-state index contributed by atoms with van der Waals surface area (Å²) in [6.45, 7) is 2.73. The predicted molar refractivity (Wildman–Crippen MR) is 107 cm³/mol. The molecule has 0 saturated carbocycles. The molecule has 4 rings (SSSR count). The molecule has 0 spiro atoms. The molecule has 1 aliphatic rings. The van der Waals surface area contributed by atoms with E-state index in [1.807, 2.05) is 17.0 Å². The third-order valence-corrected chi connectivity index (χ3v) is 5.70. The lowest BCUT2D eigenvalue weighted by atomic mass is 9.99. The summed E-state index contributed by atoms with van der Waals surface area (Å²) in [5, 5.41) is 18.2. The molecule has 3 N–H and O–H groups in total. The largest absolute Gasteiger partial charge is 0.340 e. The third-order valence-electron chi connectivity index (χ3n) is 5.70. The van der Waals surface area contributed by atoms with E-state index >= 15 is 0 Å². The van der Waals surface area contributed by atoms with Crippen LogP contribution in [0.15, 0.2) is 18.3 Å². The van der Waals surface area contributed by atoms with Crippen molar-refractivity contribution >= 4 is 34.3 Å². The number of carbonyl (C=O) groups is 2. The molecule has 3 aromatic rings. The number of nitrogens with one attached hydrogen (secondary N) is 2.